The van der Waals surface area contributed by atoms with E-state index in [9.17, 15) is 17.2 Å². The van der Waals surface area contributed by atoms with Gasteiger partial charge in [0.25, 0.3) is 10.0 Å². The van der Waals surface area contributed by atoms with Gasteiger partial charge in [-0.25, -0.2) is 17.2 Å². The van der Waals surface area contributed by atoms with Crippen LogP contribution in [0.15, 0.2) is 52.4 Å². The maximum absolute atomic E-state index is 13.3. The molecule has 0 aliphatic carbocycles. The SMILES string of the molecule is O=S1(=O)NC(=NC2CCN(Cc3ccc(F)c(F)c3)CC2)c2ccccc21. The third-order valence-electron chi connectivity index (χ3n) is 4.92. The Morgan fingerprint density at radius 2 is 1.81 bits per heavy atom. The fraction of sp³-hybridized carbons (Fsp3) is 0.316. The molecule has 0 bridgehead atoms. The van der Waals surface area contributed by atoms with Gasteiger partial charge >= 0.3 is 0 Å². The van der Waals surface area contributed by atoms with Crippen molar-refractivity contribution < 1.29 is 17.2 Å². The zero-order valence-corrected chi connectivity index (χ0v) is 15.3. The highest BCUT2D eigenvalue weighted by Gasteiger charge is 2.31. The summed E-state index contributed by atoms with van der Waals surface area (Å²) in [5, 5.41) is 0. The van der Waals surface area contributed by atoms with Crippen molar-refractivity contribution in [1.82, 2.24) is 9.62 Å². The van der Waals surface area contributed by atoms with Crippen LogP contribution in [-0.2, 0) is 16.6 Å². The van der Waals surface area contributed by atoms with Gasteiger partial charge in [-0.1, -0.05) is 18.2 Å². The van der Waals surface area contributed by atoms with E-state index in [4.69, 9.17) is 0 Å². The van der Waals surface area contributed by atoms with E-state index in [2.05, 4.69) is 14.6 Å². The van der Waals surface area contributed by atoms with E-state index >= 15 is 0 Å². The molecule has 0 amide bonds. The number of fused-ring (bicyclic) bond motifs is 1. The van der Waals surface area contributed by atoms with Gasteiger partial charge in [-0.2, -0.15) is 0 Å². The average molecular weight is 391 g/mol. The van der Waals surface area contributed by atoms with Gasteiger partial charge in [0, 0.05) is 25.2 Å². The van der Waals surface area contributed by atoms with Crippen LogP contribution in [-0.4, -0.2) is 38.3 Å². The first-order chi connectivity index (χ1) is 12.9. The van der Waals surface area contributed by atoms with Crippen molar-refractivity contribution in [1.29, 1.82) is 0 Å². The molecule has 0 spiro atoms. The van der Waals surface area contributed by atoms with Crippen molar-refractivity contribution in [2.75, 3.05) is 13.1 Å². The van der Waals surface area contributed by atoms with Gasteiger partial charge in [0.15, 0.2) is 11.6 Å². The number of piperidine rings is 1. The van der Waals surface area contributed by atoms with E-state index in [1.807, 2.05) is 0 Å². The highest BCUT2D eigenvalue weighted by Crippen LogP contribution is 2.24. The van der Waals surface area contributed by atoms with Crippen LogP contribution in [0.25, 0.3) is 0 Å². The second-order valence-electron chi connectivity index (χ2n) is 6.84. The lowest BCUT2D eigenvalue weighted by molar-refractivity contribution is 0.206. The molecule has 1 fully saturated rings. The van der Waals surface area contributed by atoms with Crippen LogP contribution in [0.3, 0.4) is 0 Å². The number of sulfonamides is 1. The Morgan fingerprint density at radius 3 is 2.56 bits per heavy atom. The molecular formula is C19H19F2N3O2S. The minimum atomic E-state index is -3.52. The summed E-state index contributed by atoms with van der Waals surface area (Å²) < 4.78 is 53.2. The van der Waals surface area contributed by atoms with Crippen molar-refractivity contribution in [2.24, 2.45) is 4.99 Å². The molecule has 5 nitrogen and oxygen atoms in total. The minimum absolute atomic E-state index is 0.0232. The van der Waals surface area contributed by atoms with Gasteiger partial charge in [0.1, 0.15) is 5.84 Å². The van der Waals surface area contributed by atoms with Gasteiger partial charge in [0.2, 0.25) is 0 Å². The predicted molar refractivity (Wildman–Crippen MR) is 98.0 cm³/mol. The number of nitrogens with one attached hydrogen (secondary N) is 1. The number of aliphatic imine (C=N–C) groups is 1. The van der Waals surface area contributed by atoms with Crippen LogP contribution in [0, 0.1) is 11.6 Å². The number of hydrogen-bond donors (Lipinski definition) is 1. The molecule has 0 saturated carbocycles. The molecule has 1 saturated heterocycles. The number of likely N-dealkylation sites (tertiary alicyclic amines) is 1. The van der Waals surface area contributed by atoms with E-state index in [-0.39, 0.29) is 10.9 Å². The standard InChI is InChI=1S/C19H19F2N3O2S/c20-16-6-5-13(11-17(16)21)12-24-9-7-14(8-10-24)22-19-15-3-1-2-4-18(15)27(25,26)23-19/h1-6,11,14H,7-10,12H2,(H,22,23). The van der Waals surface area contributed by atoms with Crippen LogP contribution >= 0.6 is 0 Å². The number of amidine groups is 1. The maximum atomic E-state index is 13.3. The molecule has 0 aromatic heterocycles. The molecule has 0 atom stereocenters. The summed E-state index contributed by atoms with van der Waals surface area (Å²) in [5.41, 5.74) is 1.35. The van der Waals surface area contributed by atoms with E-state index in [1.54, 1.807) is 30.3 Å². The second kappa shape index (κ2) is 7.01. The molecule has 8 heteroatoms. The molecule has 2 aliphatic heterocycles. The van der Waals surface area contributed by atoms with E-state index in [1.165, 1.54) is 6.07 Å². The number of halogens is 2. The zero-order chi connectivity index (χ0) is 19.0. The summed E-state index contributed by atoms with van der Waals surface area (Å²) in [6, 6.07) is 10.8. The average Bonchev–Trinajstić information content (AvgIpc) is 2.91. The fourth-order valence-electron chi connectivity index (χ4n) is 3.52. The summed E-state index contributed by atoms with van der Waals surface area (Å²) in [6.07, 6.45) is 1.55. The summed E-state index contributed by atoms with van der Waals surface area (Å²) in [6.45, 7) is 2.07. The highest BCUT2D eigenvalue weighted by molar-refractivity contribution is 7.90. The molecule has 2 heterocycles. The molecule has 2 aromatic carbocycles. The Morgan fingerprint density at radius 1 is 1.07 bits per heavy atom. The van der Waals surface area contributed by atoms with Crippen LogP contribution in [0.5, 0.6) is 0 Å². The monoisotopic (exact) mass is 391 g/mol. The maximum Gasteiger partial charge on any atom is 0.263 e. The summed E-state index contributed by atoms with van der Waals surface area (Å²) in [7, 11) is -3.52. The normalized spacial score (nSPS) is 21.2. The lowest BCUT2D eigenvalue weighted by Crippen LogP contribution is -2.36. The smallest absolute Gasteiger partial charge is 0.263 e. The third-order valence-corrected chi connectivity index (χ3v) is 6.32. The summed E-state index contributed by atoms with van der Waals surface area (Å²) in [4.78, 5) is 7.06. The molecule has 1 N–H and O–H groups in total. The van der Waals surface area contributed by atoms with E-state index in [0.29, 0.717) is 17.9 Å². The van der Waals surface area contributed by atoms with Crippen LogP contribution in [0.4, 0.5) is 8.78 Å². The largest absolute Gasteiger partial charge is 0.299 e. The highest BCUT2D eigenvalue weighted by atomic mass is 32.2. The molecular weight excluding hydrogens is 372 g/mol. The first-order valence-electron chi connectivity index (χ1n) is 8.79. The molecule has 0 unspecified atom stereocenters. The lowest BCUT2D eigenvalue weighted by atomic mass is 10.0. The van der Waals surface area contributed by atoms with E-state index < -0.39 is 21.7 Å². The van der Waals surface area contributed by atoms with Gasteiger partial charge in [-0.05, 0) is 42.7 Å². The molecule has 2 aliphatic rings. The molecule has 142 valence electrons. The number of benzene rings is 2. The Balaban J connectivity index is 1.41. The Kier molecular flexibility index (Phi) is 4.69. The van der Waals surface area contributed by atoms with Gasteiger partial charge < -0.3 is 0 Å². The zero-order valence-electron chi connectivity index (χ0n) is 14.5. The van der Waals surface area contributed by atoms with Crippen molar-refractivity contribution in [2.45, 2.75) is 30.3 Å². The Bertz CT molecular complexity index is 1000. The third kappa shape index (κ3) is 3.72. The first kappa shape index (κ1) is 18.1. The van der Waals surface area contributed by atoms with Crippen molar-refractivity contribution in [3.05, 3.63) is 65.2 Å². The van der Waals surface area contributed by atoms with Crippen LogP contribution < -0.4 is 4.72 Å². The Hall–Kier alpha value is -2.32. The van der Waals surface area contributed by atoms with Crippen LogP contribution in [0.2, 0.25) is 0 Å². The molecule has 4 rings (SSSR count). The number of hydrogen-bond acceptors (Lipinski definition) is 4. The fourth-order valence-corrected chi connectivity index (χ4v) is 4.75. The Labute approximate surface area is 156 Å². The van der Waals surface area contributed by atoms with Crippen LogP contribution in [0.1, 0.15) is 24.0 Å². The van der Waals surface area contributed by atoms with E-state index in [0.717, 1.165) is 37.6 Å². The van der Waals surface area contributed by atoms with Crippen molar-refractivity contribution >= 4 is 15.9 Å². The van der Waals surface area contributed by atoms with Crippen molar-refractivity contribution in [3.8, 4) is 0 Å². The number of rotatable bonds is 3. The molecule has 0 radical (unpaired) electrons. The first-order valence-corrected chi connectivity index (χ1v) is 10.3. The predicted octanol–water partition coefficient (Wildman–Crippen LogP) is 2.67. The second-order valence-corrected chi connectivity index (χ2v) is 8.49. The molecule has 27 heavy (non-hydrogen) atoms. The quantitative estimate of drug-likeness (QED) is 0.875. The van der Waals surface area contributed by atoms with Gasteiger partial charge in [-0.15, -0.1) is 0 Å². The summed E-state index contributed by atoms with van der Waals surface area (Å²) in [5.74, 6) is -1.27. The number of nitrogens with zero attached hydrogens (tertiary/aromatic N) is 2. The minimum Gasteiger partial charge on any atom is -0.299 e. The van der Waals surface area contributed by atoms with Gasteiger partial charge in [0.05, 0.1) is 10.9 Å². The molecule has 2 aromatic rings. The van der Waals surface area contributed by atoms with Gasteiger partial charge in [-0.3, -0.25) is 14.6 Å². The van der Waals surface area contributed by atoms with Crippen molar-refractivity contribution in [3.63, 3.8) is 0 Å². The summed E-state index contributed by atoms with van der Waals surface area (Å²) >= 11 is 0. The topological polar surface area (TPSA) is 61.8 Å². The lowest BCUT2D eigenvalue weighted by Gasteiger charge is -2.30.